The molecule has 5 atom stereocenters. The summed E-state index contributed by atoms with van der Waals surface area (Å²) < 4.78 is 13.4. The molecule has 39 heavy (non-hydrogen) atoms. The maximum Gasteiger partial charge on any atom is 0.289 e. The van der Waals surface area contributed by atoms with E-state index in [1.54, 1.807) is 0 Å². The van der Waals surface area contributed by atoms with Gasteiger partial charge in [-0.15, -0.1) is 0 Å². The van der Waals surface area contributed by atoms with Crippen molar-refractivity contribution >= 4 is 46.7 Å². The zero-order valence-corrected chi connectivity index (χ0v) is 22.6. The lowest BCUT2D eigenvalue weighted by atomic mass is 9.94. The van der Waals surface area contributed by atoms with E-state index in [1.165, 1.54) is 17.0 Å². The minimum absolute atomic E-state index is 0.0112. The number of nitrogens with zero attached hydrogens (tertiary/aromatic N) is 1. The number of piperidine rings is 1. The summed E-state index contributed by atoms with van der Waals surface area (Å²) in [5, 5.41) is 11.2. The van der Waals surface area contributed by atoms with Gasteiger partial charge in [0, 0.05) is 25.0 Å². The van der Waals surface area contributed by atoms with Crippen LogP contribution in [0.2, 0.25) is 5.02 Å². The maximum absolute atomic E-state index is 13.7. The van der Waals surface area contributed by atoms with Crippen LogP contribution in [0.25, 0.3) is 0 Å². The lowest BCUT2D eigenvalue weighted by Gasteiger charge is -2.31. The third kappa shape index (κ3) is 5.59. The molecule has 0 spiro atoms. The summed E-state index contributed by atoms with van der Waals surface area (Å²) >= 11 is 6.06. The van der Waals surface area contributed by atoms with Gasteiger partial charge in [0.2, 0.25) is 23.5 Å². The Morgan fingerprint density at radius 1 is 1.21 bits per heavy atom. The summed E-state index contributed by atoms with van der Waals surface area (Å²) in [5.41, 5.74) is 0.222. The number of carbonyl (C=O) groups is 5. The Morgan fingerprint density at radius 3 is 2.59 bits per heavy atom. The topological polar surface area (TPSA) is 137 Å². The van der Waals surface area contributed by atoms with Gasteiger partial charge in [0.05, 0.1) is 23.3 Å². The van der Waals surface area contributed by atoms with Crippen LogP contribution in [0.4, 0.5) is 10.1 Å². The molecule has 0 unspecified atom stereocenters. The molecule has 0 aromatic heterocycles. The van der Waals surface area contributed by atoms with Crippen molar-refractivity contribution in [3.05, 3.63) is 29.0 Å². The molecule has 5 rings (SSSR count). The third-order valence-electron chi connectivity index (χ3n) is 8.61. The number of Topliss-reactive ketones (excluding diaryl/α,β-unsaturated/α-hetero) is 1. The molecule has 1 aromatic rings. The molecule has 12 heteroatoms. The van der Waals surface area contributed by atoms with E-state index >= 15 is 0 Å². The highest BCUT2D eigenvalue weighted by atomic mass is 35.5. The zero-order valence-electron chi connectivity index (χ0n) is 21.9. The van der Waals surface area contributed by atoms with Crippen molar-refractivity contribution in [2.24, 2.45) is 23.2 Å². The van der Waals surface area contributed by atoms with Crippen LogP contribution in [-0.2, 0) is 24.0 Å². The molecular weight excluding hydrogens is 529 g/mol. The van der Waals surface area contributed by atoms with Gasteiger partial charge in [-0.1, -0.05) is 25.4 Å². The second-order valence-electron chi connectivity index (χ2n) is 11.6. The monoisotopic (exact) mass is 561 g/mol. The fourth-order valence-corrected chi connectivity index (χ4v) is 6.27. The molecule has 1 aromatic carbocycles. The second kappa shape index (κ2) is 10.4. The fourth-order valence-electron chi connectivity index (χ4n) is 6.03. The maximum atomic E-state index is 13.7. The highest BCUT2D eigenvalue weighted by Crippen LogP contribution is 2.64. The standard InChI is InChI=1S/C27H33ClFN5O5/c1-27(2)16-12-34(20(35)11-31-18-6-3-14(29)10-17(18)28)22(21(16)27)25(38)33-19(9-13-7-8-30-24(13)37)23(36)26(39)32-15-4-5-15/h3,6,10,13,15-16,19,21-22,31H,4-5,7-9,11-12H2,1-2H3,(H,30,37)(H,32,39)(H,33,38)/t13-,16-,19-,21-,22-/m0/s1. The molecular formula is C27H33ClFN5O5. The SMILES string of the molecule is CC1(C)[C@@H]2[C@@H](C(=O)N[C@@H](C[C@@H]3CCNC3=O)C(=O)C(=O)NC3CC3)N(C(=O)CNc3ccc(F)cc3Cl)C[C@@H]21. The van der Waals surface area contributed by atoms with Crippen molar-refractivity contribution < 1.29 is 28.4 Å². The van der Waals surface area contributed by atoms with Crippen LogP contribution in [0.5, 0.6) is 0 Å². The van der Waals surface area contributed by atoms with Crippen molar-refractivity contribution in [3.63, 3.8) is 0 Å². The number of likely N-dealkylation sites (tertiary alicyclic amines) is 1. The molecule has 2 heterocycles. The predicted octanol–water partition coefficient (Wildman–Crippen LogP) is 1.23. The van der Waals surface area contributed by atoms with Crippen LogP contribution in [0.15, 0.2) is 18.2 Å². The molecule has 2 aliphatic carbocycles. The fraction of sp³-hybridized carbons (Fsp3) is 0.593. The molecule has 4 N–H and O–H groups in total. The number of anilines is 1. The largest absolute Gasteiger partial charge is 0.375 e. The van der Waals surface area contributed by atoms with Gasteiger partial charge in [-0.05, 0) is 61.1 Å². The molecule has 4 amide bonds. The molecule has 10 nitrogen and oxygen atoms in total. The van der Waals surface area contributed by atoms with E-state index in [0.717, 1.165) is 18.9 Å². The number of carbonyl (C=O) groups excluding carboxylic acids is 5. The Labute approximate surface area is 230 Å². The van der Waals surface area contributed by atoms with Crippen molar-refractivity contribution in [1.29, 1.82) is 0 Å². The first-order valence-corrected chi connectivity index (χ1v) is 13.8. The van der Waals surface area contributed by atoms with Crippen LogP contribution in [0.3, 0.4) is 0 Å². The van der Waals surface area contributed by atoms with E-state index in [2.05, 4.69) is 21.3 Å². The molecule has 210 valence electrons. The lowest BCUT2D eigenvalue weighted by Crippen LogP contribution is -2.56. The molecule has 0 bridgehead atoms. The average Bonchev–Trinajstić information content (AvgIpc) is 3.64. The van der Waals surface area contributed by atoms with E-state index in [4.69, 9.17) is 11.6 Å². The zero-order chi connectivity index (χ0) is 28.1. The van der Waals surface area contributed by atoms with Gasteiger partial charge < -0.3 is 26.2 Å². The second-order valence-corrected chi connectivity index (χ2v) is 12.0. The first kappa shape index (κ1) is 27.4. The Hall–Kier alpha value is -3.21. The van der Waals surface area contributed by atoms with Crippen molar-refractivity contribution in [3.8, 4) is 0 Å². The number of hydrogen-bond acceptors (Lipinski definition) is 6. The van der Waals surface area contributed by atoms with Gasteiger partial charge >= 0.3 is 0 Å². The van der Waals surface area contributed by atoms with Gasteiger partial charge in [0.1, 0.15) is 11.9 Å². The minimum atomic E-state index is -1.18. The number of ketones is 1. The van der Waals surface area contributed by atoms with Crippen molar-refractivity contribution in [2.75, 3.05) is 25.0 Å². The van der Waals surface area contributed by atoms with E-state index in [9.17, 15) is 28.4 Å². The minimum Gasteiger partial charge on any atom is -0.375 e. The van der Waals surface area contributed by atoms with Gasteiger partial charge in [-0.3, -0.25) is 24.0 Å². The number of halogens is 2. The Kier molecular flexibility index (Phi) is 7.30. The first-order chi connectivity index (χ1) is 18.5. The summed E-state index contributed by atoms with van der Waals surface area (Å²) in [5.74, 6) is -3.63. The van der Waals surface area contributed by atoms with Crippen LogP contribution >= 0.6 is 11.6 Å². The normalized spacial score (nSPS) is 27.3. The number of rotatable bonds is 10. The van der Waals surface area contributed by atoms with Gasteiger partial charge in [0.25, 0.3) is 5.91 Å². The van der Waals surface area contributed by atoms with Crippen molar-refractivity contribution in [1.82, 2.24) is 20.9 Å². The average molecular weight is 562 g/mol. The summed E-state index contributed by atoms with van der Waals surface area (Å²) in [4.78, 5) is 66.4. The molecule has 0 radical (unpaired) electrons. The van der Waals surface area contributed by atoms with Gasteiger partial charge in [-0.2, -0.15) is 0 Å². The quantitative estimate of drug-likeness (QED) is 0.317. The van der Waals surface area contributed by atoms with Crippen LogP contribution in [0.1, 0.15) is 39.5 Å². The molecule has 4 fully saturated rings. The molecule has 2 saturated heterocycles. The summed E-state index contributed by atoms with van der Waals surface area (Å²) in [6.07, 6.45) is 2.12. The highest BCUT2D eigenvalue weighted by Gasteiger charge is 2.69. The Bertz CT molecular complexity index is 1220. The van der Waals surface area contributed by atoms with E-state index in [-0.39, 0.29) is 53.1 Å². The Balaban J connectivity index is 1.30. The predicted molar refractivity (Wildman–Crippen MR) is 140 cm³/mol. The van der Waals surface area contributed by atoms with Crippen LogP contribution in [0, 0.1) is 29.0 Å². The molecule has 2 aliphatic heterocycles. The van der Waals surface area contributed by atoms with Crippen LogP contribution < -0.4 is 21.3 Å². The van der Waals surface area contributed by atoms with Crippen molar-refractivity contribution in [2.45, 2.75) is 57.7 Å². The highest BCUT2D eigenvalue weighted by molar-refractivity contribution is 6.38. The summed E-state index contributed by atoms with van der Waals surface area (Å²) in [6, 6.07) is 1.75. The lowest BCUT2D eigenvalue weighted by molar-refractivity contribution is -0.143. The number of benzene rings is 1. The van der Waals surface area contributed by atoms with E-state index in [0.29, 0.717) is 25.2 Å². The summed E-state index contributed by atoms with van der Waals surface area (Å²) in [6.45, 7) is 4.76. The van der Waals surface area contributed by atoms with E-state index in [1.807, 2.05) is 13.8 Å². The molecule has 4 aliphatic rings. The number of amides is 4. The van der Waals surface area contributed by atoms with Gasteiger partial charge in [-0.25, -0.2) is 4.39 Å². The van der Waals surface area contributed by atoms with Gasteiger partial charge in [0.15, 0.2) is 0 Å². The van der Waals surface area contributed by atoms with E-state index < -0.39 is 41.4 Å². The number of hydrogen-bond donors (Lipinski definition) is 4. The first-order valence-electron chi connectivity index (χ1n) is 13.4. The number of fused-ring (bicyclic) bond motifs is 1. The smallest absolute Gasteiger partial charge is 0.289 e. The molecule has 2 saturated carbocycles. The third-order valence-corrected chi connectivity index (χ3v) is 8.92. The summed E-state index contributed by atoms with van der Waals surface area (Å²) in [7, 11) is 0. The number of nitrogens with one attached hydrogen (secondary N) is 4. The Morgan fingerprint density at radius 2 is 1.95 bits per heavy atom. The van der Waals surface area contributed by atoms with Crippen LogP contribution in [-0.4, -0.2) is 72.1 Å².